The van der Waals surface area contributed by atoms with Crippen molar-refractivity contribution < 1.29 is 9.53 Å². The number of rotatable bonds is 8. The van der Waals surface area contributed by atoms with Gasteiger partial charge in [-0.3, -0.25) is 9.48 Å². The van der Waals surface area contributed by atoms with E-state index in [4.69, 9.17) is 11.2 Å². The summed E-state index contributed by atoms with van der Waals surface area (Å²) >= 11 is 0. The molecule has 0 spiro atoms. The van der Waals surface area contributed by atoms with Crippen molar-refractivity contribution in [2.45, 2.75) is 69.8 Å². The number of aromatic nitrogens is 2. The molecule has 1 saturated heterocycles. The molecule has 7 heteroatoms. The van der Waals surface area contributed by atoms with E-state index in [-0.39, 0.29) is 24.1 Å². The molecule has 2 aliphatic heterocycles. The van der Waals surface area contributed by atoms with Gasteiger partial charge in [-0.2, -0.15) is 15.3 Å². The van der Waals surface area contributed by atoms with E-state index in [1.54, 1.807) is 6.20 Å². The summed E-state index contributed by atoms with van der Waals surface area (Å²) in [5.74, 6) is 2.61. The van der Waals surface area contributed by atoms with E-state index in [0.29, 0.717) is 25.9 Å². The summed E-state index contributed by atoms with van der Waals surface area (Å²) in [5, 5.41) is 15.6. The zero-order valence-corrected chi connectivity index (χ0v) is 14.8. The van der Waals surface area contributed by atoms with Crippen LogP contribution in [0.2, 0.25) is 0 Å². The first-order valence-electron chi connectivity index (χ1n) is 8.86. The summed E-state index contributed by atoms with van der Waals surface area (Å²) in [6.07, 6.45) is 10.1. The molecule has 25 heavy (non-hydrogen) atoms. The van der Waals surface area contributed by atoms with E-state index < -0.39 is 5.66 Å². The minimum atomic E-state index is -0.411. The van der Waals surface area contributed by atoms with Crippen molar-refractivity contribution in [2.75, 3.05) is 6.61 Å². The van der Waals surface area contributed by atoms with Crippen LogP contribution in [0.15, 0.2) is 22.5 Å². The van der Waals surface area contributed by atoms with Gasteiger partial charge in [-0.05, 0) is 26.3 Å². The summed E-state index contributed by atoms with van der Waals surface area (Å²) in [6.45, 7) is 4.80. The van der Waals surface area contributed by atoms with Gasteiger partial charge in [0, 0.05) is 44.5 Å². The molecule has 2 aliphatic rings. The van der Waals surface area contributed by atoms with Crippen LogP contribution in [0.25, 0.3) is 0 Å². The number of hydrogen-bond donors (Lipinski definition) is 1. The molecule has 1 aromatic heterocycles. The quantitative estimate of drug-likeness (QED) is 0.737. The Hall–Kier alpha value is -2.20. The minimum Gasteiger partial charge on any atom is -0.370 e. The third-order valence-corrected chi connectivity index (χ3v) is 4.72. The molecular weight excluding hydrogens is 318 g/mol. The maximum absolute atomic E-state index is 12.4. The lowest BCUT2D eigenvalue weighted by Crippen LogP contribution is -2.38. The second kappa shape index (κ2) is 7.36. The summed E-state index contributed by atoms with van der Waals surface area (Å²) in [6, 6.07) is 2.18. The lowest BCUT2D eigenvalue weighted by molar-refractivity contribution is -0.122. The normalized spacial score (nSPS) is 23.6. The van der Waals surface area contributed by atoms with Crippen LogP contribution in [0, 0.1) is 12.3 Å². The molecule has 0 saturated carbocycles. The zero-order chi connectivity index (χ0) is 17.9. The maximum Gasteiger partial charge on any atom is 0.220 e. The average Bonchev–Trinajstić information content (AvgIpc) is 2.97. The Balaban J connectivity index is 1.54. The van der Waals surface area contributed by atoms with Crippen LogP contribution < -0.4 is 5.32 Å². The second-order valence-electron chi connectivity index (χ2n) is 6.94. The van der Waals surface area contributed by atoms with Gasteiger partial charge in [0.2, 0.25) is 5.91 Å². The Kier molecular flexibility index (Phi) is 5.19. The van der Waals surface area contributed by atoms with Crippen molar-refractivity contribution in [3.63, 3.8) is 0 Å². The van der Waals surface area contributed by atoms with Gasteiger partial charge < -0.3 is 10.1 Å². The number of terminal acetylenes is 1. The van der Waals surface area contributed by atoms with Crippen LogP contribution in [0.4, 0.5) is 0 Å². The first-order chi connectivity index (χ1) is 12.0. The number of hydrogen-bond acceptors (Lipinski definition) is 5. The number of carbonyl (C=O) groups is 1. The Labute approximate surface area is 148 Å². The lowest BCUT2D eigenvalue weighted by Gasteiger charge is -2.22. The van der Waals surface area contributed by atoms with Crippen molar-refractivity contribution >= 4 is 5.91 Å². The zero-order valence-electron chi connectivity index (χ0n) is 14.8. The van der Waals surface area contributed by atoms with E-state index in [1.807, 2.05) is 10.7 Å². The standard InChI is InChI=1S/C18H25N5O2/c1-4-5-9-18(21-22-18)10-6-16(24)20-14-8-12-25-17(14)15-7-11-19-23(15)13(2)3/h1,7,11,13-14,17H,5-6,8-10,12H2,2-3H3,(H,20,24)/t14-,17-/m1/s1. The van der Waals surface area contributed by atoms with Crippen molar-refractivity contribution in [3.05, 3.63) is 18.0 Å². The molecule has 7 nitrogen and oxygen atoms in total. The van der Waals surface area contributed by atoms with Gasteiger partial charge in [0.25, 0.3) is 0 Å². The summed E-state index contributed by atoms with van der Waals surface area (Å²) in [7, 11) is 0. The number of amides is 1. The Morgan fingerprint density at radius 3 is 3.00 bits per heavy atom. The molecule has 0 radical (unpaired) electrons. The van der Waals surface area contributed by atoms with Gasteiger partial charge in [0.15, 0.2) is 5.66 Å². The van der Waals surface area contributed by atoms with E-state index in [1.165, 1.54) is 0 Å². The summed E-state index contributed by atoms with van der Waals surface area (Å²) in [5.41, 5.74) is 0.599. The van der Waals surface area contributed by atoms with E-state index in [0.717, 1.165) is 18.5 Å². The van der Waals surface area contributed by atoms with Gasteiger partial charge in [-0.25, -0.2) is 0 Å². The fraction of sp³-hybridized carbons (Fsp3) is 0.667. The Bertz CT molecular complexity index is 682. The summed E-state index contributed by atoms with van der Waals surface area (Å²) < 4.78 is 7.83. The number of ether oxygens (including phenoxy) is 1. The fourth-order valence-corrected chi connectivity index (χ4v) is 3.27. The molecule has 1 amide bonds. The van der Waals surface area contributed by atoms with Crippen molar-refractivity contribution in [2.24, 2.45) is 10.2 Å². The highest BCUT2D eigenvalue weighted by Crippen LogP contribution is 2.37. The van der Waals surface area contributed by atoms with E-state index in [9.17, 15) is 4.79 Å². The lowest BCUT2D eigenvalue weighted by atomic mass is 10.0. The molecule has 0 bridgehead atoms. The third-order valence-electron chi connectivity index (χ3n) is 4.72. The van der Waals surface area contributed by atoms with Crippen LogP contribution in [0.5, 0.6) is 0 Å². The van der Waals surface area contributed by atoms with Gasteiger partial charge in [-0.15, -0.1) is 12.3 Å². The van der Waals surface area contributed by atoms with Crippen molar-refractivity contribution in [3.8, 4) is 12.3 Å². The van der Waals surface area contributed by atoms with Gasteiger partial charge in [0.05, 0.1) is 11.7 Å². The molecule has 1 N–H and O–H groups in total. The largest absolute Gasteiger partial charge is 0.370 e. The first-order valence-corrected chi connectivity index (χ1v) is 8.86. The van der Waals surface area contributed by atoms with Crippen LogP contribution in [-0.2, 0) is 9.53 Å². The van der Waals surface area contributed by atoms with Gasteiger partial charge in [-0.1, -0.05) is 0 Å². The van der Waals surface area contributed by atoms with Crippen LogP contribution in [0.3, 0.4) is 0 Å². The highest BCUT2D eigenvalue weighted by molar-refractivity contribution is 5.76. The number of nitrogens with one attached hydrogen (secondary N) is 1. The van der Waals surface area contributed by atoms with Crippen LogP contribution >= 0.6 is 0 Å². The smallest absolute Gasteiger partial charge is 0.220 e. The van der Waals surface area contributed by atoms with Gasteiger partial charge >= 0.3 is 0 Å². The fourth-order valence-electron chi connectivity index (χ4n) is 3.27. The first kappa shape index (κ1) is 17.6. The molecule has 1 aromatic rings. The molecule has 3 rings (SSSR count). The van der Waals surface area contributed by atoms with E-state index in [2.05, 4.69) is 40.4 Å². The molecule has 0 aliphatic carbocycles. The maximum atomic E-state index is 12.4. The second-order valence-corrected chi connectivity index (χ2v) is 6.94. The summed E-state index contributed by atoms with van der Waals surface area (Å²) in [4.78, 5) is 12.4. The van der Waals surface area contributed by atoms with Crippen LogP contribution in [-0.4, -0.2) is 34.0 Å². The molecular formula is C18H25N5O2. The molecule has 1 fully saturated rings. The predicted molar refractivity (Wildman–Crippen MR) is 92.7 cm³/mol. The van der Waals surface area contributed by atoms with Crippen molar-refractivity contribution in [1.29, 1.82) is 0 Å². The molecule has 3 heterocycles. The highest BCUT2D eigenvalue weighted by atomic mass is 16.5. The Morgan fingerprint density at radius 1 is 1.52 bits per heavy atom. The average molecular weight is 343 g/mol. The monoisotopic (exact) mass is 343 g/mol. The van der Waals surface area contributed by atoms with Crippen LogP contribution in [0.1, 0.15) is 63.8 Å². The minimum absolute atomic E-state index is 0.00787. The molecule has 0 aromatic carbocycles. The molecule has 0 unspecified atom stereocenters. The third kappa shape index (κ3) is 4.07. The van der Waals surface area contributed by atoms with Crippen molar-refractivity contribution in [1.82, 2.24) is 15.1 Å². The van der Waals surface area contributed by atoms with Gasteiger partial charge in [0.1, 0.15) is 6.10 Å². The predicted octanol–water partition coefficient (Wildman–Crippen LogP) is 2.77. The topological polar surface area (TPSA) is 80.9 Å². The number of nitrogens with zero attached hydrogens (tertiary/aromatic N) is 4. The SMILES string of the molecule is C#CCCC1(CCC(=O)N[C@@H]2CCO[C@H]2c2ccnn2C(C)C)N=N1. The highest BCUT2D eigenvalue weighted by Gasteiger charge is 2.40. The van der Waals surface area contributed by atoms with E-state index >= 15 is 0 Å². The Morgan fingerprint density at radius 2 is 2.32 bits per heavy atom. The molecule has 2 atom stereocenters. The number of carbonyl (C=O) groups excluding carboxylic acids is 1. The molecule has 134 valence electrons.